The van der Waals surface area contributed by atoms with Gasteiger partial charge in [-0.3, -0.25) is 4.79 Å². The lowest BCUT2D eigenvalue weighted by Crippen LogP contribution is -2.43. The highest BCUT2D eigenvalue weighted by Gasteiger charge is 2.21. The van der Waals surface area contributed by atoms with Crippen LogP contribution in [0.3, 0.4) is 0 Å². The van der Waals surface area contributed by atoms with Crippen LogP contribution in [-0.2, 0) is 21.0 Å². The number of sulfone groups is 1. The second kappa shape index (κ2) is 11.7. The fourth-order valence-electron chi connectivity index (χ4n) is 4.15. The predicted octanol–water partition coefficient (Wildman–Crippen LogP) is 2.76. The Hall–Kier alpha value is -2.36. The van der Waals surface area contributed by atoms with Gasteiger partial charge in [-0.15, -0.1) is 10.2 Å². The van der Waals surface area contributed by atoms with Crippen molar-refractivity contribution in [3.63, 3.8) is 0 Å². The Kier molecular flexibility index (Phi) is 8.94. The molecule has 180 valence electrons. The Bertz CT molecular complexity index is 1060. The third kappa shape index (κ3) is 7.58. The number of rotatable bonds is 11. The third-order valence-electron chi connectivity index (χ3n) is 5.86. The van der Waals surface area contributed by atoms with E-state index in [2.05, 4.69) is 20.4 Å². The number of aryl methyl sites for hydroxylation is 1. The van der Waals surface area contributed by atoms with Crippen LogP contribution in [0.5, 0.6) is 0 Å². The van der Waals surface area contributed by atoms with Crippen LogP contribution in [0.2, 0.25) is 0 Å². The first-order valence-corrected chi connectivity index (χ1v) is 13.5. The molecule has 0 saturated carbocycles. The van der Waals surface area contributed by atoms with Gasteiger partial charge in [0, 0.05) is 43.1 Å². The number of anilines is 1. The number of likely N-dealkylation sites (tertiary alicyclic amines) is 1. The molecule has 1 aromatic carbocycles. The zero-order valence-electron chi connectivity index (χ0n) is 19.7. The smallest absolute Gasteiger partial charge is 0.150 e. The van der Waals surface area contributed by atoms with Gasteiger partial charge in [-0.1, -0.05) is 12.1 Å². The summed E-state index contributed by atoms with van der Waals surface area (Å²) in [6.07, 6.45) is 4.84. The number of nitrogens with one attached hydrogen (secondary N) is 1. The van der Waals surface area contributed by atoms with Crippen molar-refractivity contribution in [2.24, 2.45) is 0 Å². The number of hydrogen-bond donors (Lipinski definition) is 1. The topological polar surface area (TPSA) is 101 Å². The molecule has 0 aliphatic carbocycles. The second-order valence-corrected chi connectivity index (χ2v) is 10.9. The molecule has 33 heavy (non-hydrogen) atoms. The molecule has 0 radical (unpaired) electrons. The van der Waals surface area contributed by atoms with Gasteiger partial charge >= 0.3 is 0 Å². The van der Waals surface area contributed by atoms with Gasteiger partial charge < -0.3 is 15.0 Å². The standard InChI is InChI=1S/C24H34N4O4S/c1-4-32-12-9-20-15-19(17-29)7-8-22(20)24-18(2)14-23(26-27-24)25-21-6-5-10-28(16-21)11-13-33(3,30)31/h7-8,14-15,17,21H,4-6,9-13,16H2,1-3H3,(H,25,26)/t21-/m1/s1. The highest BCUT2D eigenvalue weighted by atomic mass is 32.2. The second-order valence-electron chi connectivity index (χ2n) is 8.66. The van der Waals surface area contributed by atoms with Gasteiger partial charge in [-0.2, -0.15) is 0 Å². The molecule has 1 saturated heterocycles. The number of nitrogens with zero attached hydrogens (tertiary/aromatic N) is 3. The molecule has 2 aromatic rings. The lowest BCUT2D eigenvalue weighted by atomic mass is 9.97. The maximum atomic E-state index is 11.5. The minimum atomic E-state index is -2.96. The number of carbonyl (C=O) groups excluding carboxylic acids is 1. The lowest BCUT2D eigenvalue weighted by molar-refractivity contribution is 0.112. The monoisotopic (exact) mass is 474 g/mol. The number of hydrogen-bond acceptors (Lipinski definition) is 8. The molecule has 1 atom stereocenters. The summed E-state index contributed by atoms with van der Waals surface area (Å²) in [6, 6.07) is 7.81. The van der Waals surface area contributed by atoms with E-state index in [4.69, 9.17) is 4.74 Å². The summed E-state index contributed by atoms with van der Waals surface area (Å²) < 4.78 is 28.5. The molecule has 1 aliphatic heterocycles. The Labute approximate surface area is 196 Å². The average molecular weight is 475 g/mol. The van der Waals surface area contributed by atoms with E-state index >= 15 is 0 Å². The summed E-state index contributed by atoms with van der Waals surface area (Å²) in [4.78, 5) is 13.4. The molecule has 0 amide bonds. The maximum Gasteiger partial charge on any atom is 0.150 e. The minimum absolute atomic E-state index is 0.182. The van der Waals surface area contributed by atoms with E-state index in [9.17, 15) is 13.2 Å². The van der Waals surface area contributed by atoms with Crippen LogP contribution in [0.4, 0.5) is 5.82 Å². The molecule has 1 fully saturated rings. The fourth-order valence-corrected chi connectivity index (χ4v) is 4.74. The van der Waals surface area contributed by atoms with Crippen LogP contribution >= 0.6 is 0 Å². The van der Waals surface area contributed by atoms with Crippen molar-refractivity contribution >= 4 is 21.9 Å². The van der Waals surface area contributed by atoms with Gasteiger partial charge in [0.25, 0.3) is 0 Å². The molecule has 0 spiro atoms. The third-order valence-corrected chi connectivity index (χ3v) is 6.78. The number of ether oxygens (including phenoxy) is 1. The quantitative estimate of drug-likeness (QED) is 0.392. The summed E-state index contributed by atoms with van der Waals surface area (Å²) in [6.45, 7) is 7.45. The molecule has 8 nitrogen and oxygen atoms in total. The number of carbonyl (C=O) groups is 1. The molecule has 9 heteroatoms. The number of piperidine rings is 1. The lowest BCUT2D eigenvalue weighted by Gasteiger charge is -2.33. The molecule has 0 bridgehead atoms. The summed E-state index contributed by atoms with van der Waals surface area (Å²) >= 11 is 0. The highest BCUT2D eigenvalue weighted by Crippen LogP contribution is 2.27. The van der Waals surface area contributed by atoms with Gasteiger partial charge in [0.05, 0.1) is 18.1 Å². The van der Waals surface area contributed by atoms with E-state index in [-0.39, 0.29) is 11.8 Å². The molecule has 2 heterocycles. The number of aldehydes is 1. The molecule has 1 aromatic heterocycles. The van der Waals surface area contributed by atoms with Crippen molar-refractivity contribution in [3.8, 4) is 11.3 Å². The molecule has 1 aliphatic rings. The summed E-state index contributed by atoms with van der Waals surface area (Å²) in [7, 11) is -2.96. The Morgan fingerprint density at radius 3 is 2.79 bits per heavy atom. The zero-order valence-corrected chi connectivity index (χ0v) is 20.5. The summed E-state index contributed by atoms with van der Waals surface area (Å²) in [5.41, 5.74) is 4.39. The van der Waals surface area contributed by atoms with Crippen LogP contribution in [0.25, 0.3) is 11.3 Å². The van der Waals surface area contributed by atoms with E-state index in [1.54, 1.807) is 6.07 Å². The first-order valence-electron chi connectivity index (χ1n) is 11.5. The van der Waals surface area contributed by atoms with Crippen molar-refractivity contribution < 1.29 is 17.9 Å². The average Bonchev–Trinajstić information content (AvgIpc) is 2.78. The van der Waals surface area contributed by atoms with E-state index < -0.39 is 9.84 Å². The molecule has 0 unspecified atom stereocenters. The van der Waals surface area contributed by atoms with Crippen LogP contribution < -0.4 is 5.32 Å². The fraction of sp³-hybridized carbons (Fsp3) is 0.542. The highest BCUT2D eigenvalue weighted by molar-refractivity contribution is 7.90. The molecule has 1 N–H and O–H groups in total. The molecular formula is C24H34N4O4S. The predicted molar refractivity (Wildman–Crippen MR) is 131 cm³/mol. The van der Waals surface area contributed by atoms with Crippen LogP contribution in [-0.4, -0.2) is 80.7 Å². The van der Waals surface area contributed by atoms with Gasteiger partial charge in [0.2, 0.25) is 0 Å². The normalized spacial score (nSPS) is 17.1. The van der Waals surface area contributed by atoms with Gasteiger partial charge in [0.1, 0.15) is 21.9 Å². The maximum absolute atomic E-state index is 11.5. The molecular weight excluding hydrogens is 440 g/mol. The van der Waals surface area contributed by atoms with Crippen LogP contribution in [0, 0.1) is 6.92 Å². The van der Waals surface area contributed by atoms with Gasteiger partial charge in [-0.25, -0.2) is 8.42 Å². The van der Waals surface area contributed by atoms with Gasteiger partial charge in [-0.05, 0) is 62.9 Å². The van der Waals surface area contributed by atoms with E-state index in [0.717, 1.165) is 54.6 Å². The van der Waals surface area contributed by atoms with Crippen molar-refractivity contribution in [3.05, 3.63) is 41.0 Å². The SMILES string of the molecule is CCOCCc1cc(C=O)ccc1-c1nnc(N[C@@H]2CCCN(CCS(C)(=O)=O)C2)cc1C. The van der Waals surface area contributed by atoms with Crippen molar-refractivity contribution in [2.45, 2.75) is 39.2 Å². The summed E-state index contributed by atoms with van der Waals surface area (Å²) in [5, 5.41) is 12.4. The van der Waals surface area contributed by atoms with E-state index in [0.29, 0.717) is 37.6 Å². The largest absolute Gasteiger partial charge is 0.381 e. The first kappa shape index (κ1) is 25.3. The first-order chi connectivity index (χ1) is 15.8. The van der Waals surface area contributed by atoms with Crippen molar-refractivity contribution in [1.82, 2.24) is 15.1 Å². The van der Waals surface area contributed by atoms with Crippen molar-refractivity contribution in [1.29, 1.82) is 0 Å². The Morgan fingerprint density at radius 2 is 2.09 bits per heavy atom. The van der Waals surface area contributed by atoms with Gasteiger partial charge in [0.15, 0.2) is 0 Å². The Morgan fingerprint density at radius 1 is 1.27 bits per heavy atom. The van der Waals surface area contributed by atoms with Crippen LogP contribution in [0.15, 0.2) is 24.3 Å². The van der Waals surface area contributed by atoms with E-state index in [1.165, 1.54) is 6.26 Å². The molecule has 3 rings (SSSR count). The zero-order chi connectivity index (χ0) is 23.8. The van der Waals surface area contributed by atoms with Crippen LogP contribution in [0.1, 0.15) is 41.3 Å². The Balaban J connectivity index is 1.72. The minimum Gasteiger partial charge on any atom is -0.381 e. The summed E-state index contributed by atoms with van der Waals surface area (Å²) in [5.74, 6) is 0.897. The number of aromatic nitrogens is 2. The van der Waals surface area contributed by atoms with Crippen molar-refractivity contribution in [2.75, 3.05) is 50.2 Å². The van der Waals surface area contributed by atoms with E-state index in [1.807, 2.05) is 32.0 Å². The number of benzene rings is 1.